The third-order valence-corrected chi connectivity index (χ3v) is 10.1. The first kappa shape index (κ1) is 26.2. The van der Waals surface area contributed by atoms with Gasteiger partial charge in [-0.2, -0.15) is 0 Å². The molecule has 0 fully saturated rings. The number of ether oxygens (including phenoxy) is 1. The Balaban J connectivity index is 1.13. The van der Waals surface area contributed by atoms with Crippen molar-refractivity contribution in [1.82, 2.24) is 0 Å². The minimum absolute atomic E-state index is 0.00502. The second-order valence-electron chi connectivity index (χ2n) is 12.5. The van der Waals surface area contributed by atoms with Gasteiger partial charge in [0.2, 0.25) is 0 Å². The van der Waals surface area contributed by atoms with Crippen LogP contribution >= 0.6 is 0 Å². The topological polar surface area (TPSA) is 24.5 Å². The molecule has 0 aromatic heterocycles. The van der Waals surface area contributed by atoms with Crippen molar-refractivity contribution in [2.75, 3.05) is 10.2 Å². The molecule has 3 heteroatoms. The molecule has 3 aliphatic rings. The smallest absolute Gasteiger partial charge is 0.132 e. The molecular weight excluding hydrogens is 572 g/mol. The summed E-state index contributed by atoms with van der Waals surface area (Å²) in [4.78, 5) is 2.40. The predicted molar refractivity (Wildman–Crippen MR) is 191 cm³/mol. The summed E-state index contributed by atoms with van der Waals surface area (Å²) in [6, 6.07) is 61.2. The van der Waals surface area contributed by atoms with Crippen molar-refractivity contribution in [2.45, 2.75) is 11.6 Å². The van der Waals surface area contributed by atoms with Crippen molar-refractivity contribution in [2.24, 2.45) is 0 Å². The molecule has 1 N–H and O–H groups in total. The van der Waals surface area contributed by atoms with Gasteiger partial charge < -0.3 is 15.0 Å². The second kappa shape index (κ2) is 9.97. The number of nitrogens with zero attached hydrogens (tertiary/aromatic N) is 1. The molecule has 1 aliphatic carbocycles. The summed E-state index contributed by atoms with van der Waals surface area (Å²) in [6.07, 6.45) is -0.00502. The second-order valence-corrected chi connectivity index (χ2v) is 12.5. The van der Waals surface area contributed by atoms with Gasteiger partial charge >= 0.3 is 0 Å². The van der Waals surface area contributed by atoms with E-state index >= 15 is 0 Å². The van der Waals surface area contributed by atoms with Gasteiger partial charge in [0.1, 0.15) is 17.7 Å². The molecule has 3 nitrogen and oxygen atoms in total. The van der Waals surface area contributed by atoms with Crippen LogP contribution in [-0.4, -0.2) is 0 Å². The van der Waals surface area contributed by atoms with Crippen LogP contribution in [0.4, 0.5) is 17.1 Å². The molecule has 0 amide bonds. The van der Waals surface area contributed by atoms with E-state index in [1.54, 1.807) is 0 Å². The highest BCUT2D eigenvalue weighted by Gasteiger charge is 2.50. The van der Waals surface area contributed by atoms with Crippen molar-refractivity contribution in [3.8, 4) is 33.8 Å². The van der Waals surface area contributed by atoms with Crippen LogP contribution in [0.3, 0.4) is 0 Å². The lowest BCUT2D eigenvalue weighted by Crippen LogP contribution is -2.32. The highest BCUT2D eigenvalue weighted by molar-refractivity contribution is 5.89. The Bertz CT molecular complexity index is 2300. The van der Waals surface area contributed by atoms with Crippen LogP contribution in [0.5, 0.6) is 11.5 Å². The summed E-state index contributed by atoms with van der Waals surface area (Å²) < 4.78 is 6.79. The first-order chi connectivity index (χ1) is 23.3. The molecule has 0 saturated carbocycles. The molecular formula is C44H30N2O. The number of hydrogen-bond donors (Lipinski definition) is 1. The minimum atomic E-state index is -0.453. The molecule has 7 aromatic rings. The van der Waals surface area contributed by atoms with Gasteiger partial charge in [0.25, 0.3) is 0 Å². The van der Waals surface area contributed by atoms with Gasteiger partial charge in [0, 0.05) is 16.8 Å². The summed E-state index contributed by atoms with van der Waals surface area (Å²) in [5.41, 5.74) is 14.0. The molecule has 2 aliphatic heterocycles. The Kier molecular flexibility index (Phi) is 5.55. The van der Waals surface area contributed by atoms with E-state index in [2.05, 4.69) is 180 Å². The highest BCUT2D eigenvalue weighted by Crippen LogP contribution is 2.62. The maximum Gasteiger partial charge on any atom is 0.132 e. The fourth-order valence-corrected chi connectivity index (χ4v) is 8.19. The van der Waals surface area contributed by atoms with Crippen LogP contribution in [0, 0.1) is 0 Å². The number of anilines is 3. The Morgan fingerprint density at radius 1 is 0.489 bits per heavy atom. The van der Waals surface area contributed by atoms with Crippen molar-refractivity contribution in [1.29, 1.82) is 0 Å². The average molecular weight is 603 g/mol. The first-order valence-electron chi connectivity index (χ1n) is 16.2. The number of rotatable bonds is 3. The lowest BCUT2D eigenvalue weighted by molar-refractivity contribution is 0.436. The standard InChI is InChI=1S/C44H30N2O/c1-2-13-29(14-3-1)43-45-39-22-9-10-23-40(39)46(43)32-16-12-15-30(27-32)31-25-26-38-42(28-31)47-41-24-11-8-21-37(41)44(38)35-19-6-4-17-33(35)34-18-5-7-20-36(34)44/h1-28,43,45H. The molecule has 1 unspecified atom stereocenters. The normalized spacial score (nSPS) is 15.9. The Morgan fingerprint density at radius 2 is 1.13 bits per heavy atom. The summed E-state index contributed by atoms with van der Waals surface area (Å²) in [6.45, 7) is 0. The Hall–Kier alpha value is -6.06. The van der Waals surface area contributed by atoms with Crippen LogP contribution in [0.25, 0.3) is 22.3 Å². The lowest BCUT2D eigenvalue weighted by atomic mass is 9.66. The molecule has 1 spiro atoms. The summed E-state index contributed by atoms with van der Waals surface area (Å²) in [5.74, 6) is 1.80. The first-order valence-corrected chi connectivity index (χ1v) is 16.2. The van der Waals surface area contributed by atoms with E-state index in [1.807, 2.05) is 0 Å². The molecule has 10 rings (SSSR count). The van der Waals surface area contributed by atoms with E-state index in [-0.39, 0.29) is 6.17 Å². The van der Waals surface area contributed by atoms with E-state index in [0.29, 0.717) is 0 Å². The van der Waals surface area contributed by atoms with Crippen LogP contribution in [-0.2, 0) is 5.41 Å². The summed E-state index contributed by atoms with van der Waals surface area (Å²) in [7, 11) is 0. The van der Waals surface area contributed by atoms with Crippen LogP contribution < -0.4 is 15.0 Å². The summed E-state index contributed by atoms with van der Waals surface area (Å²) >= 11 is 0. The minimum Gasteiger partial charge on any atom is -0.457 e. The van der Waals surface area contributed by atoms with Gasteiger partial charge in [-0.25, -0.2) is 0 Å². The van der Waals surface area contributed by atoms with Crippen molar-refractivity contribution in [3.63, 3.8) is 0 Å². The molecule has 47 heavy (non-hydrogen) atoms. The van der Waals surface area contributed by atoms with Gasteiger partial charge in [-0.15, -0.1) is 0 Å². The number of benzene rings is 7. The number of hydrogen-bond acceptors (Lipinski definition) is 3. The average Bonchev–Trinajstić information content (AvgIpc) is 3.67. The molecule has 7 aromatic carbocycles. The third kappa shape index (κ3) is 3.68. The predicted octanol–water partition coefficient (Wildman–Crippen LogP) is 11.1. The van der Waals surface area contributed by atoms with E-state index < -0.39 is 5.41 Å². The van der Waals surface area contributed by atoms with Crippen molar-refractivity contribution >= 4 is 17.1 Å². The maximum absolute atomic E-state index is 6.79. The van der Waals surface area contributed by atoms with Crippen LogP contribution in [0.2, 0.25) is 0 Å². The van der Waals surface area contributed by atoms with Gasteiger partial charge in [-0.05, 0) is 75.3 Å². The molecule has 0 saturated heterocycles. The molecule has 1 atom stereocenters. The monoisotopic (exact) mass is 602 g/mol. The lowest BCUT2D eigenvalue weighted by Gasteiger charge is -2.39. The zero-order valence-corrected chi connectivity index (χ0v) is 25.6. The summed E-state index contributed by atoms with van der Waals surface area (Å²) in [5, 5.41) is 3.76. The fraction of sp³-hybridized carbons (Fsp3) is 0.0455. The highest BCUT2D eigenvalue weighted by atomic mass is 16.5. The van der Waals surface area contributed by atoms with Gasteiger partial charge in [0.15, 0.2) is 0 Å². The third-order valence-electron chi connectivity index (χ3n) is 10.1. The van der Waals surface area contributed by atoms with Gasteiger partial charge in [-0.1, -0.05) is 133 Å². The largest absolute Gasteiger partial charge is 0.457 e. The molecule has 222 valence electrons. The quantitative estimate of drug-likeness (QED) is 0.218. The van der Waals surface area contributed by atoms with Crippen LogP contribution in [0.1, 0.15) is 34.0 Å². The van der Waals surface area contributed by atoms with Crippen LogP contribution in [0.15, 0.2) is 170 Å². The molecule has 0 bridgehead atoms. The molecule has 0 radical (unpaired) electrons. The fourth-order valence-electron chi connectivity index (χ4n) is 8.19. The maximum atomic E-state index is 6.79. The Labute approximate surface area is 274 Å². The zero-order chi connectivity index (χ0) is 31.0. The van der Waals surface area contributed by atoms with Crippen molar-refractivity contribution < 1.29 is 4.74 Å². The van der Waals surface area contributed by atoms with E-state index in [4.69, 9.17) is 4.74 Å². The van der Waals surface area contributed by atoms with Gasteiger partial charge in [-0.3, -0.25) is 0 Å². The Morgan fingerprint density at radius 3 is 1.94 bits per heavy atom. The van der Waals surface area contributed by atoms with Crippen molar-refractivity contribution in [3.05, 3.63) is 198 Å². The van der Waals surface area contributed by atoms with E-state index in [0.717, 1.165) is 34.0 Å². The zero-order valence-electron chi connectivity index (χ0n) is 25.6. The van der Waals surface area contributed by atoms with E-state index in [1.165, 1.54) is 44.6 Å². The van der Waals surface area contributed by atoms with Gasteiger partial charge in [0.05, 0.1) is 16.8 Å². The number of nitrogens with one attached hydrogen (secondary N) is 1. The van der Waals surface area contributed by atoms with E-state index in [9.17, 15) is 0 Å². The number of para-hydroxylation sites is 3. The molecule has 2 heterocycles. The number of fused-ring (bicyclic) bond motifs is 10. The SMILES string of the molecule is c1ccc(C2Nc3ccccc3N2c2cccc(-c3ccc4c(c3)Oc3ccccc3C43c4ccccc4-c4ccccc43)c2)cc1.